The van der Waals surface area contributed by atoms with Crippen LogP contribution in [0.15, 0.2) is 0 Å². The van der Waals surface area contributed by atoms with Gasteiger partial charge in [0.1, 0.15) is 0 Å². The summed E-state index contributed by atoms with van der Waals surface area (Å²) < 4.78 is 0. The molecule has 74 valence electrons. The second-order valence-corrected chi connectivity index (χ2v) is 3.24. The fraction of sp³-hybridized carbons (Fsp3) is 1.00. The first-order valence-electron chi connectivity index (χ1n) is 4.21. The van der Waals surface area contributed by atoms with Crippen LogP contribution in [0.5, 0.6) is 0 Å². The third kappa shape index (κ3) is 6.54. The van der Waals surface area contributed by atoms with Crippen LogP contribution in [0.3, 0.4) is 0 Å². The van der Waals surface area contributed by atoms with Crippen molar-refractivity contribution >= 4 is 0 Å². The third-order valence-corrected chi connectivity index (χ3v) is 1.66. The lowest BCUT2D eigenvalue weighted by molar-refractivity contribution is 0.0620. The molecule has 0 spiro atoms. The highest BCUT2D eigenvalue weighted by Gasteiger charge is 2.06. The van der Waals surface area contributed by atoms with Crippen LogP contribution in [0.1, 0.15) is 13.3 Å². The van der Waals surface area contributed by atoms with E-state index in [9.17, 15) is 0 Å². The Balaban J connectivity index is 3.39. The maximum Gasteiger partial charge on any atom is 0.0897 e. The predicted molar refractivity (Wildman–Crippen MR) is 46.9 cm³/mol. The maximum absolute atomic E-state index is 9.04. The molecule has 2 atom stereocenters. The molecule has 0 aliphatic heterocycles. The molecular formula is C8H19NO3. The zero-order valence-electron chi connectivity index (χ0n) is 7.77. The smallest absolute Gasteiger partial charge is 0.0897 e. The van der Waals surface area contributed by atoms with Crippen molar-refractivity contribution in [3.05, 3.63) is 0 Å². The van der Waals surface area contributed by atoms with E-state index in [1.54, 1.807) is 6.92 Å². The maximum atomic E-state index is 9.04. The highest BCUT2D eigenvalue weighted by Crippen LogP contribution is 1.94. The molecule has 0 fully saturated rings. The number of hydrogen-bond acceptors (Lipinski definition) is 4. The second kappa shape index (κ2) is 6.37. The van der Waals surface area contributed by atoms with Gasteiger partial charge in [-0.05, 0) is 20.4 Å². The molecule has 0 radical (unpaired) electrons. The average Bonchev–Trinajstić information content (AvgIpc) is 2.00. The van der Waals surface area contributed by atoms with E-state index >= 15 is 0 Å². The van der Waals surface area contributed by atoms with Crippen molar-refractivity contribution in [2.24, 2.45) is 0 Å². The topological polar surface area (TPSA) is 63.9 Å². The molecule has 0 rings (SSSR count). The van der Waals surface area contributed by atoms with Gasteiger partial charge >= 0.3 is 0 Å². The van der Waals surface area contributed by atoms with E-state index < -0.39 is 6.10 Å². The summed E-state index contributed by atoms with van der Waals surface area (Å²) in [5.41, 5.74) is 0. The number of likely N-dealkylation sites (N-methyl/N-ethyl adjacent to an activating group) is 1. The van der Waals surface area contributed by atoms with Gasteiger partial charge in [-0.25, -0.2) is 0 Å². The monoisotopic (exact) mass is 177 g/mol. The largest absolute Gasteiger partial charge is 0.394 e. The number of aliphatic hydroxyl groups excluding tert-OH is 3. The van der Waals surface area contributed by atoms with Crippen molar-refractivity contribution in [2.45, 2.75) is 25.6 Å². The lowest BCUT2D eigenvalue weighted by Crippen LogP contribution is -2.32. The Morgan fingerprint density at radius 3 is 2.33 bits per heavy atom. The molecule has 0 amide bonds. The zero-order valence-corrected chi connectivity index (χ0v) is 7.77. The summed E-state index contributed by atoms with van der Waals surface area (Å²) in [7, 11) is 1.85. The first kappa shape index (κ1) is 11.8. The quantitative estimate of drug-likeness (QED) is 0.489. The summed E-state index contributed by atoms with van der Waals surface area (Å²) >= 11 is 0. The second-order valence-electron chi connectivity index (χ2n) is 3.24. The van der Waals surface area contributed by atoms with Gasteiger partial charge in [0.05, 0.1) is 18.8 Å². The Labute approximate surface area is 73.4 Å². The fourth-order valence-corrected chi connectivity index (χ4v) is 0.916. The van der Waals surface area contributed by atoms with Gasteiger partial charge < -0.3 is 20.2 Å². The van der Waals surface area contributed by atoms with Crippen LogP contribution in [-0.2, 0) is 0 Å². The van der Waals surface area contributed by atoms with Gasteiger partial charge in [-0.1, -0.05) is 0 Å². The number of aliphatic hydroxyl groups is 3. The minimum absolute atomic E-state index is 0.209. The van der Waals surface area contributed by atoms with Gasteiger partial charge in [0.15, 0.2) is 0 Å². The van der Waals surface area contributed by atoms with Crippen LogP contribution in [0.25, 0.3) is 0 Å². The van der Waals surface area contributed by atoms with Crippen LogP contribution in [-0.4, -0.2) is 59.2 Å². The molecule has 4 nitrogen and oxygen atoms in total. The molecule has 0 aromatic heterocycles. The predicted octanol–water partition coefficient (Wildman–Crippen LogP) is -0.958. The van der Waals surface area contributed by atoms with Crippen molar-refractivity contribution in [3.8, 4) is 0 Å². The highest BCUT2D eigenvalue weighted by molar-refractivity contribution is 4.60. The van der Waals surface area contributed by atoms with Gasteiger partial charge in [-0.15, -0.1) is 0 Å². The van der Waals surface area contributed by atoms with Gasteiger partial charge in [0, 0.05) is 13.1 Å². The van der Waals surface area contributed by atoms with Gasteiger partial charge in [0.25, 0.3) is 0 Å². The van der Waals surface area contributed by atoms with Crippen molar-refractivity contribution in [1.29, 1.82) is 0 Å². The molecular weight excluding hydrogens is 158 g/mol. The van der Waals surface area contributed by atoms with E-state index in [0.717, 1.165) is 6.54 Å². The van der Waals surface area contributed by atoms with E-state index in [0.29, 0.717) is 13.0 Å². The first-order chi connectivity index (χ1) is 5.56. The van der Waals surface area contributed by atoms with Crippen molar-refractivity contribution in [3.63, 3.8) is 0 Å². The van der Waals surface area contributed by atoms with Gasteiger partial charge in [-0.2, -0.15) is 0 Å². The van der Waals surface area contributed by atoms with E-state index in [4.69, 9.17) is 15.3 Å². The molecule has 0 saturated carbocycles. The summed E-state index contributed by atoms with van der Waals surface area (Å²) in [5.74, 6) is 0. The molecule has 0 aliphatic carbocycles. The molecule has 0 aromatic carbocycles. The Morgan fingerprint density at radius 2 is 1.92 bits per heavy atom. The zero-order chi connectivity index (χ0) is 9.56. The lowest BCUT2D eigenvalue weighted by atomic mass is 10.2. The molecule has 0 aromatic rings. The fourth-order valence-electron chi connectivity index (χ4n) is 0.916. The Morgan fingerprint density at radius 1 is 1.33 bits per heavy atom. The van der Waals surface area contributed by atoms with Crippen molar-refractivity contribution in [2.75, 3.05) is 26.7 Å². The van der Waals surface area contributed by atoms with Crippen LogP contribution >= 0.6 is 0 Å². The number of nitrogens with zero attached hydrogens (tertiary/aromatic N) is 1. The molecule has 12 heavy (non-hydrogen) atoms. The van der Waals surface area contributed by atoms with Crippen molar-refractivity contribution < 1.29 is 15.3 Å². The van der Waals surface area contributed by atoms with Crippen LogP contribution < -0.4 is 0 Å². The number of rotatable bonds is 6. The summed E-state index contributed by atoms with van der Waals surface area (Å²) in [6.45, 7) is 2.70. The molecule has 0 heterocycles. The molecule has 3 N–H and O–H groups in total. The van der Waals surface area contributed by atoms with Crippen LogP contribution in [0, 0.1) is 0 Å². The highest BCUT2D eigenvalue weighted by atomic mass is 16.3. The normalized spacial score (nSPS) is 16.5. The average molecular weight is 177 g/mol. The summed E-state index contributed by atoms with van der Waals surface area (Å²) in [4.78, 5) is 1.88. The molecule has 0 aliphatic rings. The summed E-state index contributed by atoms with van der Waals surface area (Å²) in [6.07, 6.45) is -0.294. The third-order valence-electron chi connectivity index (χ3n) is 1.66. The number of hydrogen-bond donors (Lipinski definition) is 3. The van der Waals surface area contributed by atoms with E-state index in [-0.39, 0.29) is 12.7 Å². The van der Waals surface area contributed by atoms with E-state index in [1.807, 2.05) is 11.9 Å². The molecule has 2 unspecified atom stereocenters. The summed E-state index contributed by atoms with van der Waals surface area (Å²) in [6, 6.07) is 0. The van der Waals surface area contributed by atoms with Gasteiger partial charge in [0.2, 0.25) is 0 Å². The molecule has 0 saturated heterocycles. The molecule has 4 heteroatoms. The SMILES string of the molecule is CC(O)CCN(C)CC(O)CO. The van der Waals surface area contributed by atoms with Crippen LogP contribution in [0.2, 0.25) is 0 Å². The minimum atomic E-state index is -0.677. The van der Waals surface area contributed by atoms with E-state index in [1.165, 1.54) is 0 Å². The Kier molecular flexibility index (Phi) is 6.28. The first-order valence-corrected chi connectivity index (χ1v) is 4.21. The molecule has 0 bridgehead atoms. The summed E-state index contributed by atoms with van der Waals surface area (Å²) in [5, 5.41) is 26.5. The Bertz CT molecular complexity index is 108. The van der Waals surface area contributed by atoms with Crippen LogP contribution in [0.4, 0.5) is 0 Å². The minimum Gasteiger partial charge on any atom is -0.394 e. The Hall–Kier alpha value is -0.160. The standard InChI is InChI=1S/C8H19NO3/c1-7(11)3-4-9(2)5-8(12)6-10/h7-8,10-12H,3-6H2,1-2H3. The van der Waals surface area contributed by atoms with Gasteiger partial charge in [-0.3, -0.25) is 0 Å². The van der Waals surface area contributed by atoms with Crippen molar-refractivity contribution in [1.82, 2.24) is 4.90 Å². The lowest BCUT2D eigenvalue weighted by Gasteiger charge is -2.19. The van der Waals surface area contributed by atoms with E-state index in [2.05, 4.69) is 0 Å².